The van der Waals surface area contributed by atoms with Crippen molar-refractivity contribution in [3.63, 3.8) is 0 Å². The van der Waals surface area contributed by atoms with E-state index in [2.05, 4.69) is 15.5 Å². The van der Waals surface area contributed by atoms with E-state index in [1.165, 1.54) is 6.21 Å². The first-order valence-electron chi connectivity index (χ1n) is 3.34. The average molecular weight is 154 g/mol. The van der Waals surface area contributed by atoms with E-state index in [0.29, 0.717) is 12.3 Å². The predicted molar refractivity (Wildman–Crippen MR) is 40.2 cm³/mol. The van der Waals surface area contributed by atoms with Gasteiger partial charge in [0, 0.05) is 7.05 Å². The summed E-state index contributed by atoms with van der Waals surface area (Å²) in [5.74, 6) is 0. The standard InChI is InChI=1S/C6H10N4O/c1-3-11-7-4-6-5-10(2)9-8-6/h4-5H,3H2,1-2H3/b7-4+. The first-order valence-corrected chi connectivity index (χ1v) is 3.34. The summed E-state index contributed by atoms with van der Waals surface area (Å²) in [7, 11) is 1.80. The van der Waals surface area contributed by atoms with E-state index in [-0.39, 0.29) is 0 Å². The highest BCUT2D eigenvalue weighted by atomic mass is 16.6. The van der Waals surface area contributed by atoms with Crippen LogP contribution in [0.2, 0.25) is 0 Å². The van der Waals surface area contributed by atoms with Gasteiger partial charge in [0.05, 0.1) is 12.4 Å². The van der Waals surface area contributed by atoms with Crippen LogP contribution in [-0.2, 0) is 11.9 Å². The summed E-state index contributed by atoms with van der Waals surface area (Å²) in [6.45, 7) is 2.44. The summed E-state index contributed by atoms with van der Waals surface area (Å²) >= 11 is 0. The van der Waals surface area contributed by atoms with Gasteiger partial charge in [0.2, 0.25) is 0 Å². The van der Waals surface area contributed by atoms with Crippen molar-refractivity contribution in [2.45, 2.75) is 6.92 Å². The first-order chi connectivity index (χ1) is 5.33. The first kappa shape index (κ1) is 7.71. The van der Waals surface area contributed by atoms with E-state index >= 15 is 0 Å². The number of hydrogen-bond donors (Lipinski definition) is 0. The summed E-state index contributed by atoms with van der Waals surface area (Å²) in [4.78, 5) is 4.74. The maximum absolute atomic E-state index is 4.74. The molecule has 5 nitrogen and oxygen atoms in total. The molecule has 60 valence electrons. The second kappa shape index (κ2) is 3.70. The Morgan fingerprint density at radius 2 is 2.64 bits per heavy atom. The molecule has 1 heterocycles. The van der Waals surface area contributed by atoms with Gasteiger partial charge in [0.1, 0.15) is 12.3 Å². The van der Waals surface area contributed by atoms with Crippen LogP contribution in [0.4, 0.5) is 0 Å². The summed E-state index contributed by atoms with van der Waals surface area (Å²) in [5, 5.41) is 11.1. The Kier molecular flexibility index (Phi) is 2.59. The molecule has 0 atom stereocenters. The largest absolute Gasteiger partial charge is 0.396 e. The van der Waals surface area contributed by atoms with Crippen molar-refractivity contribution in [2.75, 3.05) is 6.61 Å². The summed E-state index contributed by atoms with van der Waals surface area (Å²) in [5.41, 5.74) is 0.695. The molecule has 0 spiro atoms. The van der Waals surface area contributed by atoms with Crippen LogP contribution < -0.4 is 0 Å². The van der Waals surface area contributed by atoms with Crippen LogP contribution in [0.1, 0.15) is 12.6 Å². The fourth-order valence-electron chi connectivity index (χ4n) is 0.590. The molecular formula is C6H10N4O. The topological polar surface area (TPSA) is 52.3 Å². The lowest BCUT2D eigenvalue weighted by Gasteiger charge is -1.86. The Balaban J connectivity index is 2.50. The molecule has 0 unspecified atom stereocenters. The number of nitrogens with zero attached hydrogens (tertiary/aromatic N) is 4. The summed E-state index contributed by atoms with van der Waals surface area (Å²) in [6.07, 6.45) is 3.28. The van der Waals surface area contributed by atoms with E-state index in [0.717, 1.165) is 0 Å². The van der Waals surface area contributed by atoms with E-state index in [1.807, 2.05) is 6.92 Å². The minimum atomic E-state index is 0.566. The van der Waals surface area contributed by atoms with Crippen LogP contribution >= 0.6 is 0 Å². The number of rotatable bonds is 3. The molecule has 0 saturated carbocycles. The molecule has 0 aliphatic rings. The van der Waals surface area contributed by atoms with Crippen molar-refractivity contribution in [1.82, 2.24) is 15.0 Å². The molecule has 0 N–H and O–H groups in total. The molecule has 5 heteroatoms. The molecule has 0 amide bonds. The highest BCUT2D eigenvalue weighted by Crippen LogP contribution is 1.85. The second-order valence-electron chi connectivity index (χ2n) is 1.97. The Hall–Kier alpha value is -1.39. The number of aromatic nitrogens is 3. The Morgan fingerprint density at radius 3 is 3.18 bits per heavy atom. The molecule has 11 heavy (non-hydrogen) atoms. The van der Waals surface area contributed by atoms with E-state index in [4.69, 9.17) is 4.84 Å². The third kappa shape index (κ3) is 2.37. The van der Waals surface area contributed by atoms with E-state index in [9.17, 15) is 0 Å². The van der Waals surface area contributed by atoms with Crippen LogP contribution in [0.15, 0.2) is 11.4 Å². The van der Waals surface area contributed by atoms with Crippen LogP contribution in [0.25, 0.3) is 0 Å². The Labute approximate surface area is 64.6 Å². The van der Waals surface area contributed by atoms with Crippen molar-refractivity contribution >= 4 is 6.21 Å². The SMILES string of the molecule is CCO/N=C/c1cn(C)nn1. The molecule has 1 aromatic rings. The molecule has 0 aliphatic heterocycles. The summed E-state index contributed by atoms with van der Waals surface area (Å²) < 4.78 is 1.60. The molecule has 0 aromatic carbocycles. The molecular weight excluding hydrogens is 144 g/mol. The van der Waals surface area contributed by atoms with Gasteiger partial charge in [0.15, 0.2) is 0 Å². The average Bonchev–Trinajstić information content (AvgIpc) is 2.37. The third-order valence-corrected chi connectivity index (χ3v) is 1.01. The van der Waals surface area contributed by atoms with Gasteiger partial charge in [0.25, 0.3) is 0 Å². The van der Waals surface area contributed by atoms with Crippen LogP contribution in [0.3, 0.4) is 0 Å². The van der Waals surface area contributed by atoms with Crippen molar-refractivity contribution in [2.24, 2.45) is 12.2 Å². The smallest absolute Gasteiger partial charge is 0.127 e. The van der Waals surface area contributed by atoms with Crippen molar-refractivity contribution in [3.05, 3.63) is 11.9 Å². The number of oxime groups is 1. The Bertz CT molecular complexity index is 242. The molecule has 0 radical (unpaired) electrons. The zero-order valence-electron chi connectivity index (χ0n) is 6.56. The number of aryl methyl sites for hydroxylation is 1. The number of hydrogen-bond acceptors (Lipinski definition) is 4. The minimum Gasteiger partial charge on any atom is -0.396 e. The monoisotopic (exact) mass is 154 g/mol. The van der Waals surface area contributed by atoms with Crippen molar-refractivity contribution in [1.29, 1.82) is 0 Å². The zero-order valence-corrected chi connectivity index (χ0v) is 6.56. The van der Waals surface area contributed by atoms with E-state index in [1.54, 1.807) is 17.9 Å². The second-order valence-corrected chi connectivity index (χ2v) is 1.97. The zero-order chi connectivity index (χ0) is 8.10. The molecule has 0 aliphatic carbocycles. The van der Waals surface area contributed by atoms with Gasteiger partial charge in [-0.05, 0) is 6.92 Å². The highest BCUT2D eigenvalue weighted by Gasteiger charge is 1.91. The van der Waals surface area contributed by atoms with Gasteiger partial charge in [-0.2, -0.15) is 0 Å². The molecule has 0 fully saturated rings. The van der Waals surface area contributed by atoms with Gasteiger partial charge in [-0.3, -0.25) is 4.68 Å². The van der Waals surface area contributed by atoms with Gasteiger partial charge in [-0.15, -0.1) is 5.10 Å². The normalized spacial score (nSPS) is 10.7. The molecule has 1 rings (SSSR count). The lowest BCUT2D eigenvalue weighted by atomic mass is 10.5. The van der Waals surface area contributed by atoms with Gasteiger partial charge < -0.3 is 4.84 Å². The minimum absolute atomic E-state index is 0.566. The molecule has 0 saturated heterocycles. The quantitative estimate of drug-likeness (QED) is 0.461. The van der Waals surface area contributed by atoms with Crippen LogP contribution in [-0.4, -0.2) is 27.8 Å². The van der Waals surface area contributed by atoms with Crippen LogP contribution in [0, 0.1) is 0 Å². The fraction of sp³-hybridized carbons (Fsp3) is 0.500. The fourth-order valence-corrected chi connectivity index (χ4v) is 0.590. The van der Waals surface area contributed by atoms with Crippen molar-refractivity contribution < 1.29 is 4.84 Å². The summed E-state index contributed by atoms with van der Waals surface area (Å²) in [6, 6.07) is 0. The van der Waals surface area contributed by atoms with Gasteiger partial charge in [-0.25, -0.2) is 0 Å². The maximum Gasteiger partial charge on any atom is 0.127 e. The van der Waals surface area contributed by atoms with Gasteiger partial charge >= 0.3 is 0 Å². The van der Waals surface area contributed by atoms with Crippen LogP contribution in [0.5, 0.6) is 0 Å². The highest BCUT2D eigenvalue weighted by molar-refractivity contribution is 5.75. The maximum atomic E-state index is 4.74. The molecule has 0 bridgehead atoms. The third-order valence-electron chi connectivity index (χ3n) is 1.01. The predicted octanol–water partition coefficient (Wildman–Crippen LogP) is 0.185. The molecule has 1 aromatic heterocycles. The van der Waals surface area contributed by atoms with E-state index < -0.39 is 0 Å². The van der Waals surface area contributed by atoms with Gasteiger partial charge in [-0.1, -0.05) is 10.4 Å². The lowest BCUT2D eigenvalue weighted by molar-refractivity contribution is 0.160. The Morgan fingerprint density at radius 1 is 1.82 bits per heavy atom. The van der Waals surface area contributed by atoms with Crippen molar-refractivity contribution in [3.8, 4) is 0 Å². The lowest BCUT2D eigenvalue weighted by Crippen LogP contribution is -1.85.